The van der Waals surface area contributed by atoms with Crippen molar-refractivity contribution >= 4 is 9.84 Å². The number of ether oxygens (including phenoxy) is 3. The summed E-state index contributed by atoms with van der Waals surface area (Å²) in [6.07, 6.45) is 2.15. The Hall–Kier alpha value is -3.73. The van der Waals surface area contributed by atoms with Gasteiger partial charge in [0.1, 0.15) is 11.5 Å². The van der Waals surface area contributed by atoms with Gasteiger partial charge in [0.25, 0.3) is 5.89 Å². The van der Waals surface area contributed by atoms with E-state index < -0.39 is 9.84 Å². The summed E-state index contributed by atoms with van der Waals surface area (Å²) in [5.41, 5.74) is 2.87. The Morgan fingerprint density at radius 2 is 1.77 bits per heavy atom. The molecule has 2 unspecified atom stereocenters. The van der Waals surface area contributed by atoms with Crippen molar-refractivity contribution in [2.24, 2.45) is 0 Å². The van der Waals surface area contributed by atoms with Gasteiger partial charge < -0.3 is 24.1 Å². The molecule has 5 rings (SSSR count). The van der Waals surface area contributed by atoms with Crippen LogP contribution in [0.15, 0.2) is 82.2 Å². The molecule has 39 heavy (non-hydrogen) atoms. The third-order valence-electron chi connectivity index (χ3n) is 6.73. The Balaban J connectivity index is 1.18. The summed E-state index contributed by atoms with van der Waals surface area (Å²) < 4.78 is 46.3. The van der Waals surface area contributed by atoms with Gasteiger partial charge in [-0.3, -0.25) is 0 Å². The molecule has 1 aliphatic rings. The Kier molecular flexibility index (Phi) is 8.25. The first-order valence-electron chi connectivity index (χ1n) is 12.7. The van der Waals surface area contributed by atoms with E-state index in [2.05, 4.69) is 27.6 Å². The summed E-state index contributed by atoms with van der Waals surface area (Å²) in [7, 11) is -1.61. The zero-order valence-electron chi connectivity index (χ0n) is 21.9. The highest BCUT2D eigenvalue weighted by molar-refractivity contribution is 7.90. The van der Waals surface area contributed by atoms with Crippen molar-refractivity contribution < 1.29 is 27.2 Å². The van der Waals surface area contributed by atoms with Crippen molar-refractivity contribution in [3.8, 4) is 22.9 Å². The molecule has 0 aliphatic carbocycles. The topological polar surface area (TPSA) is 113 Å². The number of para-hydroxylation sites is 1. The number of rotatable bonds is 10. The number of piperidine rings is 1. The molecular formula is C29H31N3O6S. The maximum Gasteiger partial charge on any atom is 0.264 e. The zero-order chi connectivity index (χ0) is 27.2. The molecule has 1 fully saturated rings. The lowest BCUT2D eigenvalue weighted by Crippen LogP contribution is -2.40. The summed E-state index contributed by atoms with van der Waals surface area (Å²) in [5.74, 6) is 2.43. The minimum atomic E-state index is -3.21. The predicted octanol–water partition coefficient (Wildman–Crippen LogP) is 4.39. The summed E-state index contributed by atoms with van der Waals surface area (Å²) in [6.45, 7) is 2.22. The van der Waals surface area contributed by atoms with Gasteiger partial charge in [-0.1, -0.05) is 41.6 Å². The molecule has 3 aromatic carbocycles. The summed E-state index contributed by atoms with van der Waals surface area (Å²) in [6, 6.07) is 22.4. The molecule has 2 atom stereocenters. The molecule has 0 radical (unpaired) electrons. The summed E-state index contributed by atoms with van der Waals surface area (Å²) >= 11 is 0. The molecule has 0 bridgehead atoms. The first-order chi connectivity index (χ1) is 18.9. The van der Waals surface area contributed by atoms with E-state index >= 15 is 0 Å². The molecule has 9 nitrogen and oxygen atoms in total. The van der Waals surface area contributed by atoms with Crippen LogP contribution in [0.2, 0.25) is 0 Å². The molecule has 1 saturated heterocycles. The van der Waals surface area contributed by atoms with Crippen LogP contribution in [-0.2, 0) is 27.8 Å². The monoisotopic (exact) mass is 549 g/mol. The van der Waals surface area contributed by atoms with E-state index in [0.29, 0.717) is 34.7 Å². The van der Waals surface area contributed by atoms with E-state index in [-0.39, 0.29) is 18.6 Å². The maximum absolute atomic E-state index is 11.7. The van der Waals surface area contributed by atoms with Gasteiger partial charge in [-0.2, -0.15) is 4.98 Å². The number of hydrogen-bond donors (Lipinski definition) is 1. The largest absolute Gasteiger partial charge is 0.496 e. The second-order valence-electron chi connectivity index (χ2n) is 9.43. The number of nitrogens with zero attached hydrogens (tertiary/aromatic N) is 2. The first-order valence-corrected chi connectivity index (χ1v) is 14.6. The van der Waals surface area contributed by atoms with Crippen LogP contribution >= 0.6 is 0 Å². The van der Waals surface area contributed by atoms with E-state index in [4.69, 9.17) is 18.7 Å². The fourth-order valence-electron chi connectivity index (χ4n) is 4.63. The van der Waals surface area contributed by atoms with Crippen LogP contribution in [0.5, 0.6) is 11.5 Å². The molecule has 0 saturated carbocycles. The van der Waals surface area contributed by atoms with Crippen LogP contribution in [0.25, 0.3) is 11.4 Å². The fraction of sp³-hybridized carbons (Fsp3) is 0.310. The molecule has 1 aromatic heterocycles. The predicted molar refractivity (Wildman–Crippen MR) is 145 cm³/mol. The van der Waals surface area contributed by atoms with Gasteiger partial charge in [0.15, 0.2) is 16.4 Å². The zero-order valence-corrected chi connectivity index (χ0v) is 22.7. The van der Waals surface area contributed by atoms with Crippen LogP contribution in [-0.4, -0.2) is 51.1 Å². The van der Waals surface area contributed by atoms with Gasteiger partial charge in [0.2, 0.25) is 5.82 Å². The minimum absolute atomic E-state index is 0.00750. The summed E-state index contributed by atoms with van der Waals surface area (Å²) in [4.78, 5) is 4.74. The number of hydrogen-bond acceptors (Lipinski definition) is 9. The molecule has 204 valence electrons. The fourth-order valence-corrected chi connectivity index (χ4v) is 5.26. The van der Waals surface area contributed by atoms with Crippen molar-refractivity contribution in [2.75, 3.05) is 26.5 Å². The highest BCUT2D eigenvalue weighted by atomic mass is 32.2. The second-order valence-corrected chi connectivity index (χ2v) is 11.5. The van der Waals surface area contributed by atoms with Crippen molar-refractivity contribution in [1.29, 1.82) is 0 Å². The average molecular weight is 550 g/mol. The van der Waals surface area contributed by atoms with Gasteiger partial charge in [0.05, 0.1) is 30.3 Å². The average Bonchev–Trinajstić information content (AvgIpc) is 3.44. The highest BCUT2D eigenvalue weighted by Crippen LogP contribution is 2.30. The van der Waals surface area contributed by atoms with E-state index in [1.165, 1.54) is 11.8 Å². The quantitative estimate of drug-likeness (QED) is 0.308. The van der Waals surface area contributed by atoms with Crippen LogP contribution in [0.3, 0.4) is 0 Å². The van der Waals surface area contributed by atoms with Gasteiger partial charge in [-0.15, -0.1) is 0 Å². The second kappa shape index (κ2) is 12.0. The molecule has 1 N–H and O–H groups in total. The van der Waals surface area contributed by atoms with Crippen LogP contribution in [0.4, 0.5) is 0 Å². The molecule has 1 aliphatic heterocycles. The molecule has 0 spiro atoms. The first kappa shape index (κ1) is 26.9. The van der Waals surface area contributed by atoms with Crippen LogP contribution in [0.1, 0.15) is 29.4 Å². The van der Waals surface area contributed by atoms with Crippen molar-refractivity contribution in [3.05, 3.63) is 89.8 Å². The maximum atomic E-state index is 11.7. The number of benzene rings is 3. The summed E-state index contributed by atoms with van der Waals surface area (Å²) in [5, 5.41) is 7.46. The van der Waals surface area contributed by atoms with E-state index in [9.17, 15) is 8.42 Å². The molecular weight excluding hydrogens is 518 g/mol. The van der Waals surface area contributed by atoms with Crippen LogP contribution in [0, 0.1) is 0 Å². The Morgan fingerprint density at radius 3 is 2.51 bits per heavy atom. The Bertz CT molecular complexity index is 1490. The van der Waals surface area contributed by atoms with Crippen molar-refractivity contribution in [3.63, 3.8) is 0 Å². The van der Waals surface area contributed by atoms with E-state index in [0.717, 1.165) is 30.6 Å². The lowest BCUT2D eigenvalue weighted by molar-refractivity contribution is 0.0106. The minimum Gasteiger partial charge on any atom is -0.496 e. The number of nitrogens with one attached hydrogen (secondary N) is 1. The normalized spacial score (nSPS) is 17.6. The number of methoxy groups -OCH3 is 1. The standard InChI is InChI=1S/C29H31N3O6S/c1-35-26-6-4-3-5-25(26)29-31-28(38-32-29)19-36-22-11-9-21(10-12-22)24-15-16-30-17-27(24)37-18-20-7-13-23(14-8-20)39(2,33)34/h3-14,24,27,30H,15-19H2,1-2H3. The number of aromatic nitrogens is 2. The van der Waals surface area contributed by atoms with E-state index in [1.54, 1.807) is 31.4 Å². The molecule has 2 heterocycles. The Morgan fingerprint density at radius 1 is 1.00 bits per heavy atom. The van der Waals surface area contributed by atoms with E-state index in [1.807, 2.05) is 36.4 Å². The van der Waals surface area contributed by atoms with Crippen LogP contribution < -0.4 is 14.8 Å². The smallest absolute Gasteiger partial charge is 0.264 e. The van der Waals surface area contributed by atoms with Crippen molar-refractivity contribution in [2.45, 2.75) is 36.6 Å². The van der Waals surface area contributed by atoms with Crippen molar-refractivity contribution in [1.82, 2.24) is 15.5 Å². The van der Waals surface area contributed by atoms with Gasteiger partial charge in [0, 0.05) is 18.7 Å². The lowest BCUT2D eigenvalue weighted by Gasteiger charge is -2.32. The van der Waals surface area contributed by atoms with Gasteiger partial charge >= 0.3 is 0 Å². The van der Waals surface area contributed by atoms with Gasteiger partial charge in [-0.05, 0) is 60.5 Å². The lowest BCUT2D eigenvalue weighted by atomic mass is 9.87. The molecule has 0 amide bonds. The molecule has 10 heteroatoms. The third kappa shape index (κ3) is 6.65. The SMILES string of the molecule is COc1ccccc1-c1noc(COc2ccc(C3CCNCC3OCc3ccc(S(C)(=O)=O)cc3)cc2)n1. The Labute approximate surface area is 228 Å². The number of sulfone groups is 1. The van der Waals surface area contributed by atoms with Gasteiger partial charge in [-0.25, -0.2) is 8.42 Å². The molecule has 4 aromatic rings. The highest BCUT2D eigenvalue weighted by Gasteiger charge is 2.27. The third-order valence-corrected chi connectivity index (χ3v) is 7.86.